The molecule has 1 fully saturated rings. The molecule has 34 heavy (non-hydrogen) atoms. The monoisotopic (exact) mass is 470 g/mol. The highest BCUT2D eigenvalue weighted by Crippen LogP contribution is 2.35. The van der Waals surface area contributed by atoms with Crippen molar-refractivity contribution in [2.24, 2.45) is 0 Å². The number of benzene rings is 2. The van der Waals surface area contributed by atoms with Gasteiger partial charge in [0, 0.05) is 32.7 Å². The van der Waals surface area contributed by atoms with Crippen molar-refractivity contribution >= 4 is 17.7 Å². The van der Waals surface area contributed by atoms with Gasteiger partial charge in [-0.2, -0.15) is 0 Å². The van der Waals surface area contributed by atoms with Crippen LogP contribution in [0.25, 0.3) is 0 Å². The number of amides is 2. The van der Waals surface area contributed by atoms with E-state index in [1.165, 1.54) is 4.90 Å². The van der Waals surface area contributed by atoms with Gasteiger partial charge in [-0.05, 0) is 48.2 Å². The molecule has 2 atom stereocenters. The maximum atomic E-state index is 12.4. The molecule has 4 rings (SSSR count). The second kappa shape index (κ2) is 10.8. The van der Waals surface area contributed by atoms with Gasteiger partial charge in [-0.3, -0.25) is 4.79 Å². The number of carboxylic acid groups (broad SMARTS) is 1. The van der Waals surface area contributed by atoms with Crippen molar-refractivity contribution in [1.82, 2.24) is 4.90 Å². The lowest BCUT2D eigenvalue weighted by Crippen LogP contribution is -2.46. The molecule has 9 heteroatoms. The number of fused-ring (bicyclic) bond motifs is 1. The van der Waals surface area contributed by atoms with E-state index in [1.807, 2.05) is 30.3 Å². The SMILES string of the molecule is COCCCN1C(=O)COc2ccc(COC3CN(C(=O)O)CCC3c3ccc(O)cc3)cc21. The molecule has 0 aliphatic carbocycles. The van der Waals surface area contributed by atoms with Crippen LogP contribution in [0.2, 0.25) is 0 Å². The highest BCUT2D eigenvalue weighted by molar-refractivity contribution is 5.97. The fourth-order valence-electron chi connectivity index (χ4n) is 4.51. The third kappa shape index (κ3) is 5.43. The summed E-state index contributed by atoms with van der Waals surface area (Å²) in [6.45, 7) is 2.05. The largest absolute Gasteiger partial charge is 0.508 e. The molecule has 2 aliphatic rings. The Morgan fingerprint density at radius 3 is 2.74 bits per heavy atom. The molecule has 182 valence electrons. The zero-order valence-electron chi connectivity index (χ0n) is 19.2. The smallest absolute Gasteiger partial charge is 0.407 e. The highest BCUT2D eigenvalue weighted by atomic mass is 16.5. The van der Waals surface area contributed by atoms with Crippen molar-refractivity contribution in [2.75, 3.05) is 44.9 Å². The van der Waals surface area contributed by atoms with E-state index < -0.39 is 6.09 Å². The molecule has 2 aromatic rings. The summed E-state index contributed by atoms with van der Waals surface area (Å²) in [5.74, 6) is 0.741. The molecule has 2 heterocycles. The number of anilines is 1. The summed E-state index contributed by atoms with van der Waals surface area (Å²) in [5.41, 5.74) is 2.58. The summed E-state index contributed by atoms with van der Waals surface area (Å²) in [6.07, 6.45) is 0.0285. The lowest BCUT2D eigenvalue weighted by molar-refractivity contribution is -0.121. The number of aromatic hydroxyl groups is 1. The summed E-state index contributed by atoms with van der Waals surface area (Å²) in [4.78, 5) is 27.1. The Kier molecular flexibility index (Phi) is 7.54. The Labute approximate surface area is 198 Å². The van der Waals surface area contributed by atoms with E-state index in [0.717, 1.165) is 11.1 Å². The van der Waals surface area contributed by atoms with Crippen molar-refractivity contribution in [3.8, 4) is 11.5 Å². The summed E-state index contributed by atoms with van der Waals surface area (Å²) in [7, 11) is 1.63. The molecule has 2 aliphatic heterocycles. The Morgan fingerprint density at radius 2 is 2.00 bits per heavy atom. The predicted molar refractivity (Wildman–Crippen MR) is 124 cm³/mol. The van der Waals surface area contributed by atoms with E-state index in [9.17, 15) is 19.8 Å². The number of phenolic OH excluding ortho intramolecular Hbond substituents is 1. The van der Waals surface area contributed by atoms with E-state index in [2.05, 4.69) is 0 Å². The molecular formula is C25H30N2O7. The van der Waals surface area contributed by atoms with Gasteiger partial charge >= 0.3 is 6.09 Å². The topological polar surface area (TPSA) is 109 Å². The number of methoxy groups -OCH3 is 1. The van der Waals surface area contributed by atoms with Crippen LogP contribution in [0, 0.1) is 0 Å². The zero-order valence-corrected chi connectivity index (χ0v) is 19.2. The number of piperidine rings is 1. The second-order valence-corrected chi connectivity index (χ2v) is 8.55. The number of phenols is 1. The molecule has 0 saturated carbocycles. The summed E-state index contributed by atoms with van der Waals surface area (Å²) < 4.78 is 17.0. The predicted octanol–water partition coefficient (Wildman–Crippen LogP) is 3.21. The molecule has 2 amide bonds. The average molecular weight is 471 g/mol. The second-order valence-electron chi connectivity index (χ2n) is 8.55. The van der Waals surface area contributed by atoms with Crippen LogP contribution in [0.1, 0.15) is 29.9 Å². The first kappa shape index (κ1) is 23.8. The van der Waals surface area contributed by atoms with Gasteiger partial charge in [0.1, 0.15) is 11.5 Å². The van der Waals surface area contributed by atoms with Crippen LogP contribution in [0.5, 0.6) is 11.5 Å². The van der Waals surface area contributed by atoms with Crippen molar-refractivity contribution in [3.05, 3.63) is 53.6 Å². The van der Waals surface area contributed by atoms with Crippen LogP contribution < -0.4 is 9.64 Å². The minimum absolute atomic E-state index is 0.00396. The fourth-order valence-corrected chi connectivity index (χ4v) is 4.51. The molecule has 0 spiro atoms. The van der Waals surface area contributed by atoms with E-state index in [-0.39, 0.29) is 43.4 Å². The van der Waals surface area contributed by atoms with Gasteiger partial charge in [-0.15, -0.1) is 0 Å². The summed E-state index contributed by atoms with van der Waals surface area (Å²) in [6, 6.07) is 12.6. The average Bonchev–Trinajstić information content (AvgIpc) is 2.84. The van der Waals surface area contributed by atoms with Crippen LogP contribution in [-0.4, -0.2) is 73.2 Å². The Hall–Kier alpha value is -3.30. The van der Waals surface area contributed by atoms with E-state index >= 15 is 0 Å². The van der Waals surface area contributed by atoms with Crippen LogP contribution in [0.15, 0.2) is 42.5 Å². The van der Waals surface area contributed by atoms with Crippen LogP contribution in [0.4, 0.5) is 10.5 Å². The lowest BCUT2D eigenvalue weighted by Gasteiger charge is -2.37. The van der Waals surface area contributed by atoms with E-state index in [0.29, 0.717) is 44.0 Å². The zero-order chi connectivity index (χ0) is 24.1. The van der Waals surface area contributed by atoms with Gasteiger partial charge in [-0.25, -0.2) is 4.79 Å². The Balaban J connectivity index is 1.50. The first-order valence-corrected chi connectivity index (χ1v) is 11.4. The van der Waals surface area contributed by atoms with Crippen molar-refractivity contribution < 1.29 is 34.0 Å². The molecule has 1 saturated heterocycles. The summed E-state index contributed by atoms with van der Waals surface area (Å²) >= 11 is 0. The number of hydrogen-bond donors (Lipinski definition) is 2. The van der Waals surface area contributed by atoms with Crippen molar-refractivity contribution in [3.63, 3.8) is 0 Å². The molecule has 2 N–H and O–H groups in total. The molecule has 0 radical (unpaired) electrons. The Bertz CT molecular complexity index is 1010. The number of nitrogens with zero attached hydrogens (tertiary/aromatic N) is 2. The normalized spacial score (nSPS) is 20.1. The van der Waals surface area contributed by atoms with Gasteiger partial charge in [0.05, 0.1) is 24.9 Å². The quantitative estimate of drug-likeness (QED) is 0.570. The molecule has 2 unspecified atom stereocenters. The number of hydrogen-bond acceptors (Lipinski definition) is 6. The molecule has 9 nitrogen and oxygen atoms in total. The van der Waals surface area contributed by atoms with Gasteiger partial charge in [0.25, 0.3) is 5.91 Å². The third-order valence-electron chi connectivity index (χ3n) is 6.31. The standard InChI is InChI=1S/C25H30N2O7/c1-32-12-2-10-27-21-13-17(3-8-22(21)34-16-24(27)29)15-33-23-14-26(25(30)31)11-9-20(23)18-4-6-19(28)7-5-18/h3-8,13,20,23,28H,2,9-12,14-16H2,1H3,(H,30,31). The van der Waals surface area contributed by atoms with Gasteiger partial charge in [0.2, 0.25) is 0 Å². The Morgan fingerprint density at radius 1 is 1.21 bits per heavy atom. The van der Waals surface area contributed by atoms with Crippen LogP contribution in [0.3, 0.4) is 0 Å². The third-order valence-corrected chi connectivity index (χ3v) is 6.31. The minimum atomic E-state index is -0.964. The molecule has 0 bridgehead atoms. The highest BCUT2D eigenvalue weighted by Gasteiger charge is 2.33. The number of rotatable bonds is 8. The van der Waals surface area contributed by atoms with E-state index in [4.69, 9.17) is 14.2 Å². The molecule has 2 aromatic carbocycles. The lowest BCUT2D eigenvalue weighted by atomic mass is 9.87. The number of likely N-dealkylation sites (tertiary alicyclic amines) is 1. The van der Waals surface area contributed by atoms with Gasteiger partial charge in [0.15, 0.2) is 6.61 Å². The van der Waals surface area contributed by atoms with E-state index in [1.54, 1.807) is 24.1 Å². The number of carbonyl (C=O) groups is 2. The fraction of sp³-hybridized carbons (Fsp3) is 0.440. The first-order chi connectivity index (χ1) is 16.5. The van der Waals surface area contributed by atoms with Crippen LogP contribution >= 0.6 is 0 Å². The summed E-state index contributed by atoms with van der Waals surface area (Å²) in [5, 5.41) is 19.1. The molecular weight excluding hydrogens is 440 g/mol. The van der Waals surface area contributed by atoms with Crippen LogP contribution in [-0.2, 0) is 20.9 Å². The number of carbonyl (C=O) groups excluding carboxylic acids is 1. The maximum Gasteiger partial charge on any atom is 0.407 e. The van der Waals surface area contributed by atoms with Gasteiger partial charge < -0.3 is 34.2 Å². The minimum Gasteiger partial charge on any atom is -0.508 e. The first-order valence-electron chi connectivity index (χ1n) is 11.4. The number of ether oxygens (including phenoxy) is 3. The maximum absolute atomic E-state index is 12.4. The van der Waals surface area contributed by atoms with Crippen molar-refractivity contribution in [1.29, 1.82) is 0 Å². The van der Waals surface area contributed by atoms with Gasteiger partial charge in [-0.1, -0.05) is 18.2 Å². The van der Waals surface area contributed by atoms with Crippen molar-refractivity contribution in [2.45, 2.75) is 31.5 Å². The molecule has 0 aromatic heterocycles.